The third kappa shape index (κ3) is 18.4. The van der Waals surface area contributed by atoms with Crippen LogP contribution >= 0.6 is 0 Å². The Morgan fingerprint density at radius 2 is 1.08 bits per heavy atom. The summed E-state index contributed by atoms with van der Waals surface area (Å²) >= 11 is 0. The Morgan fingerprint density at radius 3 is 1.61 bits per heavy atom. The predicted octanol–water partition coefficient (Wildman–Crippen LogP) is -0.932. The van der Waals surface area contributed by atoms with Gasteiger partial charge in [-0.3, -0.25) is 38.4 Å². The number of aromatic hydroxyl groups is 1. The van der Waals surface area contributed by atoms with Gasteiger partial charge in [-0.1, -0.05) is 74.5 Å². The number of hydrogen-bond donors (Lipinski definition) is 13. The number of aliphatic carboxylic acids is 1. The number of rotatable bonds is 29. The number of aliphatic hydroxyl groups is 2. The van der Waals surface area contributed by atoms with E-state index in [-0.39, 0.29) is 56.4 Å². The molecule has 14 N–H and O–H groups in total. The average molecular weight is 1050 g/mol. The van der Waals surface area contributed by atoms with Gasteiger partial charge < -0.3 is 73.4 Å². The minimum absolute atomic E-state index is 0.0175. The van der Waals surface area contributed by atoms with Crippen molar-refractivity contribution in [1.29, 1.82) is 0 Å². The molecule has 7 atom stereocenters. The highest BCUT2D eigenvalue weighted by Crippen LogP contribution is 2.44. The van der Waals surface area contributed by atoms with Gasteiger partial charge in [0, 0.05) is 32.2 Å². The van der Waals surface area contributed by atoms with Gasteiger partial charge >= 0.3 is 12.1 Å². The van der Waals surface area contributed by atoms with Crippen LogP contribution in [0.15, 0.2) is 72.8 Å². The number of carbonyl (C=O) groups is 10. The van der Waals surface area contributed by atoms with Crippen LogP contribution in [0.2, 0.25) is 0 Å². The molecule has 4 rings (SSSR count). The van der Waals surface area contributed by atoms with E-state index in [0.29, 0.717) is 5.56 Å². The first kappa shape index (κ1) is 59.4. The van der Waals surface area contributed by atoms with Gasteiger partial charge in [0.1, 0.15) is 54.6 Å². The maximum absolute atomic E-state index is 14.0. The van der Waals surface area contributed by atoms with Crippen LogP contribution < -0.4 is 48.3 Å². The largest absolute Gasteiger partial charge is 0.508 e. The second kappa shape index (κ2) is 28.9. The molecule has 24 nitrogen and oxygen atoms in total. The van der Waals surface area contributed by atoms with Crippen LogP contribution in [0.1, 0.15) is 82.4 Å². The molecule has 0 saturated carbocycles. The number of phenols is 1. The molecular formula is C51H67N9O15. The Bertz CT molecular complexity index is 2480. The summed E-state index contributed by atoms with van der Waals surface area (Å²) in [5, 5.41) is 58.8. The molecule has 75 heavy (non-hydrogen) atoms. The van der Waals surface area contributed by atoms with Crippen LogP contribution in [-0.4, -0.2) is 148 Å². The Kier molecular flexibility index (Phi) is 22.9. The van der Waals surface area contributed by atoms with E-state index >= 15 is 0 Å². The maximum atomic E-state index is 14.0. The minimum atomic E-state index is -1.75. The summed E-state index contributed by atoms with van der Waals surface area (Å²) in [7, 11) is 0. The smallest absolute Gasteiger partial charge is 0.407 e. The van der Waals surface area contributed by atoms with Crippen molar-refractivity contribution in [1.82, 2.24) is 42.5 Å². The number of alkyl carbamates (subject to hydrolysis) is 1. The zero-order valence-corrected chi connectivity index (χ0v) is 42.1. The highest BCUT2D eigenvalue weighted by atomic mass is 16.5. The summed E-state index contributed by atoms with van der Waals surface area (Å²) in [6, 6.07) is 10.5. The van der Waals surface area contributed by atoms with Gasteiger partial charge in [0.15, 0.2) is 0 Å². The molecule has 3 aromatic carbocycles. The molecular weight excluding hydrogens is 979 g/mol. The summed E-state index contributed by atoms with van der Waals surface area (Å²) in [5.74, 6) is -9.37. The number of nitrogens with one attached hydrogen (secondary N) is 8. The average Bonchev–Trinajstić information content (AvgIpc) is 3.68. The summed E-state index contributed by atoms with van der Waals surface area (Å²) in [6.45, 7) is 4.01. The summed E-state index contributed by atoms with van der Waals surface area (Å²) in [6.07, 6.45) is -1.69. The van der Waals surface area contributed by atoms with Crippen LogP contribution in [0.5, 0.6) is 5.75 Å². The van der Waals surface area contributed by atoms with Gasteiger partial charge in [-0.2, -0.15) is 0 Å². The number of hydrogen-bond acceptors (Lipinski definition) is 14. The normalized spacial score (nSPS) is 14.4. The van der Waals surface area contributed by atoms with E-state index in [9.17, 15) is 68.4 Å². The zero-order valence-electron chi connectivity index (χ0n) is 42.1. The topological polar surface area (TPSA) is 383 Å². The lowest BCUT2D eigenvalue weighted by molar-refractivity contribution is -0.143. The molecule has 0 radical (unpaired) electrons. The molecule has 9 amide bonds. The first-order valence-corrected chi connectivity index (χ1v) is 24.3. The van der Waals surface area contributed by atoms with Crippen molar-refractivity contribution in [3.8, 4) is 16.9 Å². The fourth-order valence-electron chi connectivity index (χ4n) is 8.14. The highest BCUT2D eigenvalue weighted by molar-refractivity contribution is 5.97. The molecule has 24 heteroatoms. The first-order valence-electron chi connectivity index (χ1n) is 24.3. The van der Waals surface area contributed by atoms with Gasteiger partial charge in [0.2, 0.25) is 47.3 Å². The second-order valence-corrected chi connectivity index (χ2v) is 18.4. The fraction of sp³-hybridized carbons (Fsp3) is 0.451. The van der Waals surface area contributed by atoms with E-state index in [4.69, 9.17) is 10.5 Å². The van der Waals surface area contributed by atoms with E-state index in [1.807, 2.05) is 48.5 Å². The molecule has 1 aliphatic carbocycles. The predicted molar refractivity (Wildman–Crippen MR) is 269 cm³/mol. The zero-order chi connectivity index (χ0) is 55.4. The molecule has 0 aliphatic heterocycles. The number of fused-ring (bicyclic) bond motifs is 3. The fourth-order valence-corrected chi connectivity index (χ4v) is 8.14. The van der Waals surface area contributed by atoms with Crippen LogP contribution in [0.25, 0.3) is 11.1 Å². The number of aliphatic hydroxyl groups excluding tert-OH is 2. The number of carboxylic acids is 1. The number of carboxylic acid groups (broad SMARTS) is 1. The monoisotopic (exact) mass is 1050 g/mol. The van der Waals surface area contributed by atoms with E-state index in [1.165, 1.54) is 38.1 Å². The Labute approximate surface area is 432 Å². The van der Waals surface area contributed by atoms with Crippen molar-refractivity contribution in [2.24, 2.45) is 11.7 Å². The number of carbonyl (C=O) groups excluding carboxylic acids is 9. The molecule has 1 aliphatic rings. The lowest BCUT2D eigenvalue weighted by atomic mass is 9.98. The van der Waals surface area contributed by atoms with Gasteiger partial charge in [-0.05, 0) is 78.5 Å². The molecule has 0 bridgehead atoms. The summed E-state index contributed by atoms with van der Waals surface area (Å²) < 4.78 is 5.56. The molecule has 3 aromatic rings. The van der Waals surface area contributed by atoms with Crippen molar-refractivity contribution in [2.45, 2.75) is 114 Å². The summed E-state index contributed by atoms with van der Waals surface area (Å²) in [4.78, 5) is 129. The third-order valence-corrected chi connectivity index (χ3v) is 12.0. The van der Waals surface area contributed by atoms with Crippen molar-refractivity contribution in [3.63, 3.8) is 0 Å². The number of benzene rings is 3. The minimum Gasteiger partial charge on any atom is -0.508 e. The SMILES string of the molecule is CC(=O)N[C@@H](CCCNC(=O)OCC1c2ccccc2-c2ccccc21)C(=O)N[C@@H](C)C(=O)N[C@@H](CO)C(=O)N[C@@H](Cc1ccc(O)cc1)C(=O)N[C@H](CCC(N)=O)C(=O)N[C@@H](CO)C(=O)N[C@@H](CC(C)C)C(=O)O. The van der Waals surface area contributed by atoms with E-state index in [2.05, 4.69) is 42.5 Å². The lowest BCUT2D eigenvalue weighted by Crippen LogP contribution is -2.61. The Balaban J connectivity index is 1.37. The van der Waals surface area contributed by atoms with Crippen molar-refractivity contribution >= 4 is 59.3 Å². The van der Waals surface area contributed by atoms with Crippen molar-refractivity contribution < 1.29 is 73.1 Å². The van der Waals surface area contributed by atoms with Crippen LogP contribution in [0.4, 0.5) is 4.79 Å². The number of ether oxygens (including phenoxy) is 1. The maximum Gasteiger partial charge on any atom is 0.407 e. The number of amides is 9. The molecule has 0 heterocycles. The van der Waals surface area contributed by atoms with Crippen molar-refractivity contribution in [3.05, 3.63) is 89.5 Å². The van der Waals surface area contributed by atoms with E-state index in [0.717, 1.165) is 22.3 Å². The second-order valence-electron chi connectivity index (χ2n) is 18.4. The standard InChI is InChI=1S/C51H67N9O15/c1-27(2)22-40(50(72)73)58-49(71)42(25-62)60-46(68)38(19-20-43(52)65)56-47(69)39(23-30-15-17-31(64)18-16-30)57-48(70)41(24-61)59-44(66)28(3)54-45(67)37(55-29(4)63)14-9-21-53-51(74)75-26-36-34-12-7-5-10-32(34)33-11-6-8-13-35(33)36/h5-8,10-13,15-18,27-28,36-42,61-62,64H,9,14,19-26H2,1-4H3,(H2,52,65)(H,53,74)(H,54,67)(H,55,63)(H,56,69)(H,57,70)(H,58,71)(H,59,66)(H,60,68)(H,72,73)/t28-,37-,38+,39-,40-,41-,42-/m0/s1. The number of phenolic OH excluding ortho intramolecular Hbond substituents is 1. The van der Waals surface area contributed by atoms with Gasteiger partial charge in [-0.15, -0.1) is 0 Å². The summed E-state index contributed by atoms with van der Waals surface area (Å²) in [5.41, 5.74) is 9.90. The molecule has 0 unspecified atom stereocenters. The molecule has 0 spiro atoms. The molecule has 0 aromatic heterocycles. The highest BCUT2D eigenvalue weighted by Gasteiger charge is 2.34. The molecule has 0 saturated heterocycles. The lowest BCUT2D eigenvalue weighted by Gasteiger charge is -2.27. The van der Waals surface area contributed by atoms with Crippen LogP contribution in [0, 0.1) is 5.92 Å². The number of primary amides is 1. The Hall–Kier alpha value is -8.12. The third-order valence-electron chi connectivity index (χ3n) is 12.0. The number of nitrogens with two attached hydrogens (primary N) is 1. The Morgan fingerprint density at radius 1 is 0.600 bits per heavy atom. The van der Waals surface area contributed by atoms with Gasteiger partial charge in [0.05, 0.1) is 13.2 Å². The molecule has 0 fully saturated rings. The van der Waals surface area contributed by atoms with Gasteiger partial charge in [-0.25, -0.2) is 9.59 Å². The first-order chi connectivity index (χ1) is 35.6. The van der Waals surface area contributed by atoms with Crippen LogP contribution in [0.3, 0.4) is 0 Å². The molecule has 406 valence electrons. The van der Waals surface area contributed by atoms with E-state index < -0.39 is 128 Å². The van der Waals surface area contributed by atoms with Crippen LogP contribution in [-0.2, 0) is 54.3 Å². The van der Waals surface area contributed by atoms with Crippen molar-refractivity contribution in [2.75, 3.05) is 26.4 Å². The van der Waals surface area contributed by atoms with E-state index in [1.54, 1.807) is 13.8 Å². The van der Waals surface area contributed by atoms with Gasteiger partial charge in [0.25, 0.3) is 0 Å². The quantitative estimate of drug-likeness (QED) is 0.0374.